The Morgan fingerprint density at radius 1 is 1.47 bits per heavy atom. The predicted octanol–water partition coefficient (Wildman–Crippen LogP) is 3.30. The van der Waals surface area contributed by atoms with E-state index in [1.165, 1.54) is 0 Å². The topological polar surface area (TPSA) is 38.3 Å². The fourth-order valence-electron chi connectivity index (χ4n) is 2.58. The molecule has 0 aromatic heterocycles. The van der Waals surface area contributed by atoms with Crippen LogP contribution in [0.4, 0.5) is 0 Å². The molecule has 2 unspecified atom stereocenters. The van der Waals surface area contributed by atoms with Crippen LogP contribution in [0.1, 0.15) is 36.2 Å². The van der Waals surface area contributed by atoms with Crippen LogP contribution < -0.4 is 5.32 Å². The quantitative estimate of drug-likeness (QED) is 0.925. The van der Waals surface area contributed by atoms with Crippen molar-refractivity contribution in [2.45, 2.75) is 39.3 Å². The van der Waals surface area contributed by atoms with E-state index < -0.39 is 0 Å². The average Bonchev–Trinajstić information content (AvgIpc) is 2.36. The van der Waals surface area contributed by atoms with Gasteiger partial charge in [-0.25, -0.2) is 0 Å². The first kappa shape index (κ1) is 14.5. The molecule has 2 atom stereocenters. The number of hydrogen-bond acceptors (Lipinski definition) is 2. The molecular formula is C15H20BrNO2. The molecule has 19 heavy (non-hydrogen) atoms. The van der Waals surface area contributed by atoms with Gasteiger partial charge in [0, 0.05) is 23.0 Å². The van der Waals surface area contributed by atoms with Gasteiger partial charge in [-0.3, -0.25) is 4.79 Å². The molecule has 0 bridgehead atoms. The van der Waals surface area contributed by atoms with Crippen molar-refractivity contribution in [3.05, 3.63) is 33.8 Å². The maximum Gasteiger partial charge on any atom is 0.252 e. The Balaban J connectivity index is 2.09. The van der Waals surface area contributed by atoms with Crippen molar-refractivity contribution in [2.75, 3.05) is 7.11 Å². The molecule has 104 valence electrons. The van der Waals surface area contributed by atoms with E-state index in [9.17, 15) is 4.79 Å². The average molecular weight is 326 g/mol. The van der Waals surface area contributed by atoms with Crippen LogP contribution in [0.2, 0.25) is 0 Å². The van der Waals surface area contributed by atoms with Gasteiger partial charge >= 0.3 is 0 Å². The first-order chi connectivity index (χ1) is 8.86. The Morgan fingerprint density at radius 2 is 2.16 bits per heavy atom. The van der Waals surface area contributed by atoms with Crippen LogP contribution in [0.15, 0.2) is 22.7 Å². The highest BCUT2D eigenvalue weighted by molar-refractivity contribution is 9.10. The molecule has 0 heterocycles. The van der Waals surface area contributed by atoms with Crippen LogP contribution in [-0.4, -0.2) is 25.2 Å². The van der Waals surface area contributed by atoms with Crippen LogP contribution in [0.25, 0.3) is 0 Å². The van der Waals surface area contributed by atoms with Crippen molar-refractivity contribution in [3.8, 4) is 0 Å². The van der Waals surface area contributed by atoms with Crippen LogP contribution in [-0.2, 0) is 4.74 Å². The number of amides is 1. The van der Waals surface area contributed by atoms with Crippen LogP contribution in [0, 0.1) is 12.3 Å². The zero-order chi connectivity index (χ0) is 14.2. The number of ether oxygens (including phenoxy) is 1. The lowest BCUT2D eigenvalue weighted by Gasteiger charge is -2.51. The van der Waals surface area contributed by atoms with Crippen molar-refractivity contribution in [2.24, 2.45) is 5.41 Å². The van der Waals surface area contributed by atoms with Gasteiger partial charge in [-0.1, -0.05) is 25.5 Å². The molecule has 4 heteroatoms. The van der Waals surface area contributed by atoms with E-state index in [2.05, 4.69) is 35.1 Å². The van der Waals surface area contributed by atoms with E-state index in [0.29, 0.717) is 5.56 Å². The van der Waals surface area contributed by atoms with Gasteiger partial charge in [-0.15, -0.1) is 0 Å². The van der Waals surface area contributed by atoms with E-state index in [-0.39, 0.29) is 23.5 Å². The SMILES string of the molecule is COC1CC(NC(=O)c2cc(C)ccc2Br)C1(C)C. The lowest BCUT2D eigenvalue weighted by molar-refractivity contribution is -0.0942. The van der Waals surface area contributed by atoms with E-state index in [1.807, 2.05) is 25.1 Å². The van der Waals surface area contributed by atoms with Crippen LogP contribution in [0.5, 0.6) is 0 Å². The molecule has 1 fully saturated rings. The third-order valence-electron chi connectivity index (χ3n) is 4.13. The summed E-state index contributed by atoms with van der Waals surface area (Å²) in [5.41, 5.74) is 1.76. The van der Waals surface area contributed by atoms with Crippen molar-refractivity contribution in [1.82, 2.24) is 5.32 Å². The molecule has 1 aromatic carbocycles. The molecule has 1 aromatic rings. The maximum atomic E-state index is 12.3. The summed E-state index contributed by atoms with van der Waals surface area (Å²) in [5.74, 6) is -0.0248. The number of nitrogens with one attached hydrogen (secondary N) is 1. The second kappa shape index (κ2) is 5.25. The second-order valence-corrected chi connectivity index (χ2v) is 6.65. The highest BCUT2D eigenvalue weighted by Gasteiger charge is 2.49. The number of aryl methyl sites for hydroxylation is 1. The Morgan fingerprint density at radius 3 is 2.74 bits per heavy atom. The molecule has 0 spiro atoms. The van der Waals surface area contributed by atoms with Gasteiger partial charge in [0.2, 0.25) is 0 Å². The largest absolute Gasteiger partial charge is 0.381 e. The third-order valence-corrected chi connectivity index (χ3v) is 4.83. The summed E-state index contributed by atoms with van der Waals surface area (Å²) in [6.07, 6.45) is 1.09. The fourth-order valence-corrected chi connectivity index (χ4v) is 3.01. The summed E-state index contributed by atoms with van der Waals surface area (Å²) in [7, 11) is 1.72. The van der Waals surface area contributed by atoms with Gasteiger partial charge in [-0.2, -0.15) is 0 Å². The van der Waals surface area contributed by atoms with Gasteiger partial charge in [0.15, 0.2) is 0 Å². The number of benzene rings is 1. The van der Waals surface area contributed by atoms with E-state index in [0.717, 1.165) is 16.5 Å². The lowest BCUT2D eigenvalue weighted by atomic mass is 9.64. The van der Waals surface area contributed by atoms with Gasteiger partial charge in [0.25, 0.3) is 5.91 Å². The van der Waals surface area contributed by atoms with Gasteiger partial charge in [0.1, 0.15) is 0 Å². The van der Waals surface area contributed by atoms with Gasteiger partial charge in [0.05, 0.1) is 11.7 Å². The van der Waals surface area contributed by atoms with E-state index >= 15 is 0 Å². The number of hydrogen-bond donors (Lipinski definition) is 1. The molecule has 1 amide bonds. The highest BCUT2D eigenvalue weighted by atomic mass is 79.9. The molecule has 3 nitrogen and oxygen atoms in total. The van der Waals surface area contributed by atoms with Crippen molar-refractivity contribution in [1.29, 1.82) is 0 Å². The molecule has 1 aliphatic carbocycles. The molecule has 0 radical (unpaired) electrons. The van der Waals surface area contributed by atoms with Crippen molar-refractivity contribution >= 4 is 21.8 Å². The minimum Gasteiger partial charge on any atom is -0.381 e. The van der Waals surface area contributed by atoms with Crippen LogP contribution in [0.3, 0.4) is 0 Å². The molecular weight excluding hydrogens is 306 g/mol. The Labute approximate surface area is 122 Å². The lowest BCUT2D eigenvalue weighted by Crippen LogP contribution is -2.61. The summed E-state index contributed by atoms with van der Waals surface area (Å²) in [5, 5.41) is 3.11. The highest BCUT2D eigenvalue weighted by Crippen LogP contribution is 2.42. The summed E-state index contributed by atoms with van der Waals surface area (Å²) in [6.45, 7) is 6.24. The molecule has 0 aliphatic heterocycles. The van der Waals surface area contributed by atoms with Crippen LogP contribution >= 0.6 is 15.9 Å². The Hall–Kier alpha value is -0.870. The van der Waals surface area contributed by atoms with Gasteiger partial charge in [-0.05, 0) is 41.4 Å². The monoisotopic (exact) mass is 325 g/mol. The summed E-state index contributed by atoms with van der Waals surface area (Å²) in [4.78, 5) is 12.3. The number of halogens is 1. The Kier molecular flexibility index (Phi) is 4.02. The van der Waals surface area contributed by atoms with E-state index in [1.54, 1.807) is 7.11 Å². The first-order valence-electron chi connectivity index (χ1n) is 6.46. The second-order valence-electron chi connectivity index (χ2n) is 5.79. The Bertz CT molecular complexity index is 499. The molecule has 2 rings (SSSR count). The van der Waals surface area contributed by atoms with Gasteiger partial charge < -0.3 is 10.1 Å². The first-order valence-corrected chi connectivity index (χ1v) is 7.25. The zero-order valence-electron chi connectivity index (χ0n) is 11.8. The molecule has 1 N–H and O–H groups in total. The molecule has 1 saturated carbocycles. The summed E-state index contributed by atoms with van der Waals surface area (Å²) in [6, 6.07) is 5.96. The summed E-state index contributed by atoms with van der Waals surface area (Å²) < 4.78 is 6.23. The number of carbonyl (C=O) groups is 1. The predicted molar refractivity (Wildman–Crippen MR) is 79.3 cm³/mol. The minimum absolute atomic E-state index is 0.0132. The maximum absolute atomic E-state index is 12.3. The standard InChI is InChI=1S/C15H20BrNO2/c1-9-5-6-11(16)10(7-9)14(18)17-12-8-13(19-4)15(12,2)3/h5-7,12-13H,8H2,1-4H3,(H,17,18). The third kappa shape index (κ3) is 2.70. The molecule has 0 saturated heterocycles. The minimum atomic E-state index is -0.0248. The van der Waals surface area contributed by atoms with Crippen molar-refractivity contribution < 1.29 is 9.53 Å². The normalized spacial score (nSPS) is 24.7. The smallest absolute Gasteiger partial charge is 0.252 e. The zero-order valence-corrected chi connectivity index (χ0v) is 13.4. The number of carbonyl (C=O) groups excluding carboxylic acids is 1. The fraction of sp³-hybridized carbons (Fsp3) is 0.533. The number of rotatable bonds is 3. The van der Waals surface area contributed by atoms with E-state index in [4.69, 9.17) is 4.74 Å². The summed E-state index contributed by atoms with van der Waals surface area (Å²) >= 11 is 3.43. The van der Waals surface area contributed by atoms with Crippen molar-refractivity contribution in [3.63, 3.8) is 0 Å². The molecule has 1 aliphatic rings. The number of methoxy groups -OCH3 is 1.